The molecule has 134 valence electrons. The molecule has 5 nitrogen and oxygen atoms in total. The Bertz CT molecular complexity index is 507. The molecular weight excluding hydrogens is 302 g/mol. The third-order valence-electron chi connectivity index (χ3n) is 3.20. The first-order chi connectivity index (χ1) is 11.4. The number of aliphatic imine (C=N–C) groups is 1. The SMILES string of the molecule is CCCCCCNC(=NCc1ccccc1)NC(=O)OC(C)(C)C. The number of hydrogen-bond acceptors (Lipinski definition) is 3. The third kappa shape index (κ3) is 9.87. The van der Waals surface area contributed by atoms with Crippen LogP contribution in [0.25, 0.3) is 0 Å². The van der Waals surface area contributed by atoms with Crippen LogP contribution in [0.5, 0.6) is 0 Å². The van der Waals surface area contributed by atoms with Gasteiger partial charge in [-0.25, -0.2) is 9.79 Å². The Morgan fingerprint density at radius 3 is 2.46 bits per heavy atom. The second-order valence-electron chi connectivity index (χ2n) is 6.76. The van der Waals surface area contributed by atoms with Crippen LogP contribution in [0.1, 0.15) is 58.9 Å². The van der Waals surface area contributed by atoms with E-state index in [0.29, 0.717) is 12.5 Å². The van der Waals surface area contributed by atoms with E-state index in [0.717, 1.165) is 18.5 Å². The fourth-order valence-electron chi connectivity index (χ4n) is 2.05. The quantitative estimate of drug-likeness (QED) is 0.446. The van der Waals surface area contributed by atoms with Gasteiger partial charge in [-0.1, -0.05) is 56.5 Å². The summed E-state index contributed by atoms with van der Waals surface area (Å²) < 4.78 is 5.29. The van der Waals surface area contributed by atoms with Gasteiger partial charge in [0.15, 0.2) is 0 Å². The molecule has 0 heterocycles. The van der Waals surface area contributed by atoms with Gasteiger partial charge in [0.1, 0.15) is 5.60 Å². The van der Waals surface area contributed by atoms with Gasteiger partial charge in [-0.3, -0.25) is 5.32 Å². The number of nitrogens with zero attached hydrogens (tertiary/aromatic N) is 1. The summed E-state index contributed by atoms with van der Waals surface area (Å²) in [7, 11) is 0. The molecule has 1 aromatic carbocycles. The summed E-state index contributed by atoms with van der Waals surface area (Å²) in [5, 5.41) is 5.92. The van der Waals surface area contributed by atoms with Crippen molar-refractivity contribution in [2.24, 2.45) is 4.99 Å². The van der Waals surface area contributed by atoms with Crippen LogP contribution < -0.4 is 10.6 Å². The smallest absolute Gasteiger partial charge is 0.414 e. The first kappa shape index (κ1) is 20.0. The van der Waals surface area contributed by atoms with Crippen molar-refractivity contribution in [2.45, 2.75) is 65.5 Å². The molecule has 24 heavy (non-hydrogen) atoms. The summed E-state index contributed by atoms with van der Waals surface area (Å²) in [5.41, 5.74) is 0.559. The maximum Gasteiger partial charge on any atom is 0.414 e. The van der Waals surface area contributed by atoms with Gasteiger partial charge in [0.05, 0.1) is 6.54 Å². The summed E-state index contributed by atoms with van der Waals surface area (Å²) in [6.07, 6.45) is 4.15. The summed E-state index contributed by atoms with van der Waals surface area (Å²) in [6, 6.07) is 9.94. The van der Waals surface area contributed by atoms with E-state index in [1.807, 2.05) is 51.1 Å². The molecule has 5 heteroatoms. The minimum absolute atomic E-state index is 0.463. The molecule has 0 aromatic heterocycles. The van der Waals surface area contributed by atoms with Gasteiger partial charge in [0, 0.05) is 6.54 Å². The summed E-state index contributed by atoms with van der Waals surface area (Å²) in [4.78, 5) is 16.4. The molecule has 0 saturated carbocycles. The molecule has 0 radical (unpaired) electrons. The number of nitrogens with one attached hydrogen (secondary N) is 2. The highest BCUT2D eigenvalue weighted by molar-refractivity contribution is 5.94. The maximum absolute atomic E-state index is 12.0. The highest BCUT2D eigenvalue weighted by Gasteiger charge is 2.17. The molecule has 0 fully saturated rings. The van der Waals surface area contributed by atoms with E-state index >= 15 is 0 Å². The van der Waals surface area contributed by atoms with Crippen molar-refractivity contribution >= 4 is 12.1 Å². The molecule has 1 aromatic rings. The Hall–Kier alpha value is -2.04. The number of guanidine groups is 1. The normalized spacial score (nSPS) is 11.9. The van der Waals surface area contributed by atoms with Gasteiger partial charge in [-0.05, 0) is 32.8 Å². The second-order valence-corrected chi connectivity index (χ2v) is 6.76. The Morgan fingerprint density at radius 1 is 1.12 bits per heavy atom. The summed E-state index contributed by atoms with van der Waals surface area (Å²) >= 11 is 0. The Kier molecular flexibility index (Phi) is 8.90. The van der Waals surface area contributed by atoms with E-state index in [1.54, 1.807) is 0 Å². The second kappa shape index (κ2) is 10.7. The molecule has 0 atom stereocenters. The fraction of sp³-hybridized carbons (Fsp3) is 0.579. The van der Waals surface area contributed by atoms with Crippen molar-refractivity contribution in [3.63, 3.8) is 0 Å². The van der Waals surface area contributed by atoms with Crippen molar-refractivity contribution < 1.29 is 9.53 Å². The summed E-state index contributed by atoms with van der Waals surface area (Å²) in [6.45, 7) is 8.99. The van der Waals surface area contributed by atoms with Crippen molar-refractivity contribution in [1.82, 2.24) is 10.6 Å². The van der Waals surface area contributed by atoms with Crippen molar-refractivity contribution in [2.75, 3.05) is 6.54 Å². The molecule has 0 aliphatic carbocycles. The fourth-order valence-corrected chi connectivity index (χ4v) is 2.05. The zero-order valence-corrected chi connectivity index (χ0v) is 15.4. The molecule has 2 N–H and O–H groups in total. The molecule has 0 bridgehead atoms. The van der Waals surface area contributed by atoms with Crippen molar-refractivity contribution in [1.29, 1.82) is 0 Å². The number of amides is 1. The van der Waals surface area contributed by atoms with E-state index in [2.05, 4.69) is 22.5 Å². The van der Waals surface area contributed by atoms with Gasteiger partial charge in [-0.2, -0.15) is 0 Å². The molecule has 1 amide bonds. The van der Waals surface area contributed by atoms with Crippen LogP contribution in [0.3, 0.4) is 0 Å². The van der Waals surface area contributed by atoms with Crippen LogP contribution >= 0.6 is 0 Å². The zero-order valence-electron chi connectivity index (χ0n) is 15.4. The number of carbonyl (C=O) groups is 1. The van der Waals surface area contributed by atoms with Crippen LogP contribution in [0.2, 0.25) is 0 Å². The van der Waals surface area contributed by atoms with Crippen molar-refractivity contribution in [3.8, 4) is 0 Å². The molecule has 0 aliphatic heterocycles. The molecule has 0 saturated heterocycles. The lowest BCUT2D eigenvalue weighted by atomic mass is 10.2. The first-order valence-electron chi connectivity index (χ1n) is 8.73. The number of ether oxygens (including phenoxy) is 1. The number of benzene rings is 1. The van der Waals surface area contributed by atoms with E-state index in [1.165, 1.54) is 19.3 Å². The predicted molar refractivity (Wildman–Crippen MR) is 99.1 cm³/mol. The zero-order chi connectivity index (χ0) is 17.8. The highest BCUT2D eigenvalue weighted by Crippen LogP contribution is 2.06. The topological polar surface area (TPSA) is 62.7 Å². The predicted octanol–water partition coefficient (Wildman–Crippen LogP) is 4.24. The average Bonchev–Trinajstić information content (AvgIpc) is 2.51. The first-order valence-corrected chi connectivity index (χ1v) is 8.73. The van der Waals surface area contributed by atoms with E-state index in [9.17, 15) is 4.79 Å². The Labute approximate surface area is 145 Å². The van der Waals surface area contributed by atoms with Gasteiger partial charge >= 0.3 is 6.09 Å². The number of unbranched alkanes of at least 4 members (excludes halogenated alkanes) is 3. The average molecular weight is 333 g/mol. The van der Waals surface area contributed by atoms with Gasteiger partial charge in [0.25, 0.3) is 0 Å². The van der Waals surface area contributed by atoms with Crippen LogP contribution in [0.15, 0.2) is 35.3 Å². The maximum atomic E-state index is 12.0. The monoisotopic (exact) mass is 333 g/mol. The van der Waals surface area contributed by atoms with Gasteiger partial charge in [0.2, 0.25) is 5.96 Å². The number of rotatable bonds is 7. The molecule has 0 unspecified atom stereocenters. The standard InChI is InChI=1S/C19H31N3O2/c1-5-6-7-11-14-20-17(22-18(23)24-19(2,3)4)21-15-16-12-9-8-10-13-16/h8-10,12-13H,5-7,11,14-15H2,1-4H3,(H2,20,21,22,23). The Balaban J connectivity index is 2.59. The molecule has 0 spiro atoms. The number of alkyl carbamates (subject to hydrolysis) is 1. The minimum atomic E-state index is -0.532. The van der Waals surface area contributed by atoms with Gasteiger partial charge in [-0.15, -0.1) is 0 Å². The van der Waals surface area contributed by atoms with Crippen LogP contribution in [-0.2, 0) is 11.3 Å². The van der Waals surface area contributed by atoms with E-state index in [-0.39, 0.29) is 0 Å². The van der Waals surface area contributed by atoms with Crippen molar-refractivity contribution in [3.05, 3.63) is 35.9 Å². The third-order valence-corrected chi connectivity index (χ3v) is 3.20. The number of carbonyl (C=O) groups excluding carboxylic acids is 1. The van der Waals surface area contributed by atoms with Gasteiger partial charge < -0.3 is 10.1 Å². The highest BCUT2D eigenvalue weighted by atomic mass is 16.6. The molecular formula is C19H31N3O2. The lowest BCUT2D eigenvalue weighted by Gasteiger charge is -2.20. The van der Waals surface area contributed by atoms with Crippen LogP contribution in [-0.4, -0.2) is 24.2 Å². The van der Waals surface area contributed by atoms with E-state index < -0.39 is 11.7 Å². The number of hydrogen-bond donors (Lipinski definition) is 2. The Morgan fingerprint density at radius 2 is 1.83 bits per heavy atom. The van der Waals surface area contributed by atoms with Crippen LogP contribution in [0, 0.1) is 0 Å². The largest absolute Gasteiger partial charge is 0.444 e. The lowest BCUT2D eigenvalue weighted by Crippen LogP contribution is -2.43. The molecule has 0 aliphatic rings. The molecule has 1 rings (SSSR count). The van der Waals surface area contributed by atoms with Crippen LogP contribution in [0.4, 0.5) is 4.79 Å². The minimum Gasteiger partial charge on any atom is -0.444 e. The lowest BCUT2D eigenvalue weighted by molar-refractivity contribution is 0.0561. The van der Waals surface area contributed by atoms with E-state index in [4.69, 9.17) is 4.74 Å². The summed E-state index contributed by atoms with van der Waals surface area (Å²) in [5.74, 6) is 0.463.